The first-order chi connectivity index (χ1) is 13.7. The lowest BCUT2D eigenvalue weighted by Gasteiger charge is -2.20. The molecular formula is C20H25N3O4S2. The fraction of sp³-hybridized carbons (Fsp3) is 0.400. The molecule has 2 aromatic rings. The Hall–Kier alpha value is -2.23. The lowest BCUT2D eigenvalue weighted by Crippen LogP contribution is -2.32. The van der Waals surface area contributed by atoms with Gasteiger partial charge in [0.2, 0.25) is 10.0 Å². The quantitative estimate of drug-likeness (QED) is 0.751. The molecule has 2 amide bonds. The zero-order chi connectivity index (χ0) is 21.2. The summed E-state index contributed by atoms with van der Waals surface area (Å²) in [6.45, 7) is 4.61. The third kappa shape index (κ3) is 4.52. The van der Waals surface area contributed by atoms with E-state index in [2.05, 4.69) is 5.32 Å². The van der Waals surface area contributed by atoms with E-state index in [4.69, 9.17) is 5.73 Å². The third-order valence-corrected chi connectivity index (χ3v) is 8.18. The highest BCUT2D eigenvalue weighted by Crippen LogP contribution is 2.32. The van der Waals surface area contributed by atoms with Crippen molar-refractivity contribution in [2.45, 2.75) is 44.4 Å². The minimum absolute atomic E-state index is 0.0979. The second kappa shape index (κ2) is 8.64. The van der Waals surface area contributed by atoms with Gasteiger partial charge in [0.05, 0.1) is 10.5 Å². The van der Waals surface area contributed by atoms with Gasteiger partial charge in [0.25, 0.3) is 11.8 Å². The number of thiophene rings is 1. The second-order valence-electron chi connectivity index (χ2n) is 7.15. The predicted molar refractivity (Wildman–Crippen MR) is 114 cm³/mol. The number of aryl methyl sites for hydroxylation is 1. The summed E-state index contributed by atoms with van der Waals surface area (Å²) in [5.74, 6) is -1.10. The number of anilines is 1. The Morgan fingerprint density at radius 1 is 1.10 bits per heavy atom. The lowest BCUT2D eigenvalue weighted by molar-refractivity contribution is 0.100. The van der Waals surface area contributed by atoms with Gasteiger partial charge in [-0.1, -0.05) is 18.9 Å². The molecule has 0 bridgehead atoms. The number of nitrogens with one attached hydrogen (secondary N) is 1. The lowest BCUT2D eigenvalue weighted by atomic mass is 10.1. The standard InChI is InChI=1S/C20H25N3O4S2/c1-13-14(2)28-20(17(13)18(21)24)22-19(25)15-8-7-9-16(12-15)29(26,27)23-10-5-3-4-6-11-23/h7-9,12H,3-6,10-11H2,1-2H3,(H2,21,24)(H,22,25). The van der Waals surface area contributed by atoms with E-state index < -0.39 is 21.8 Å². The van der Waals surface area contributed by atoms with Gasteiger partial charge in [0.15, 0.2) is 0 Å². The zero-order valence-corrected chi connectivity index (χ0v) is 18.2. The first kappa shape index (κ1) is 21.5. The van der Waals surface area contributed by atoms with Crippen LogP contribution in [0.25, 0.3) is 0 Å². The molecule has 0 unspecified atom stereocenters. The molecule has 1 aromatic heterocycles. The van der Waals surface area contributed by atoms with Gasteiger partial charge in [0, 0.05) is 23.5 Å². The normalized spacial score (nSPS) is 15.7. The van der Waals surface area contributed by atoms with E-state index in [-0.39, 0.29) is 16.0 Å². The van der Waals surface area contributed by atoms with Crippen molar-refractivity contribution in [1.82, 2.24) is 4.31 Å². The van der Waals surface area contributed by atoms with E-state index >= 15 is 0 Å². The first-order valence-corrected chi connectivity index (χ1v) is 11.8. The average Bonchev–Trinajstić information content (AvgIpc) is 2.86. The van der Waals surface area contributed by atoms with Crippen LogP contribution in [-0.2, 0) is 10.0 Å². The van der Waals surface area contributed by atoms with Crippen molar-refractivity contribution >= 4 is 38.2 Å². The Morgan fingerprint density at radius 2 is 1.76 bits per heavy atom. The fourth-order valence-corrected chi connectivity index (χ4v) is 6.04. The van der Waals surface area contributed by atoms with Crippen molar-refractivity contribution in [2.24, 2.45) is 5.73 Å². The number of nitrogens with two attached hydrogens (primary N) is 1. The maximum absolute atomic E-state index is 13.0. The van der Waals surface area contributed by atoms with Gasteiger partial charge in [-0.2, -0.15) is 4.31 Å². The number of carbonyl (C=O) groups is 2. The van der Waals surface area contributed by atoms with E-state index in [1.165, 1.54) is 27.8 Å². The van der Waals surface area contributed by atoms with E-state index in [0.29, 0.717) is 18.1 Å². The molecular weight excluding hydrogens is 410 g/mol. The summed E-state index contributed by atoms with van der Waals surface area (Å²) in [6, 6.07) is 5.99. The van der Waals surface area contributed by atoms with Crippen LogP contribution in [0.4, 0.5) is 5.00 Å². The molecule has 0 saturated carbocycles. The zero-order valence-electron chi connectivity index (χ0n) is 16.5. The van der Waals surface area contributed by atoms with Crippen LogP contribution in [0.5, 0.6) is 0 Å². The van der Waals surface area contributed by atoms with Crippen LogP contribution in [-0.4, -0.2) is 37.6 Å². The first-order valence-electron chi connectivity index (χ1n) is 9.53. The molecule has 1 aliphatic heterocycles. The molecule has 1 aromatic carbocycles. The molecule has 0 spiro atoms. The van der Waals surface area contributed by atoms with Crippen LogP contribution >= 0.6 is 11.3 Å². The molecule has 7 nitrogen and oxygen atoms in total. The fourth-order valence-electron chi connectivity index (χ4n) is 3.42. The van der Waals surface area contributed by atoms with Crippen LogP contribution in [0, 0.1) is 13.8 Å². The maximum atomic E-state index is 13.0. The molecule has 9 heteroatoms. The van der Waals surface area contributed by atoms with E-state index in [9.17, 15) is 18.0 Å². The Labute approximate surface area is 175 Å². The van der Waals surface area contributed by atoms with E-state index in [0.717, 1.165) is 36.1 Å². The van der Waals surface area contributed by atoms with Gasteiger partial charge in [-0.05, 0) is 50.5 Å². The van der Waals surface area contributed by atoms with Crippen LogP contribution in [0.15, 0.2) is 29.2 Å². The number of nitrogens with zero attached hydrogens (tertiary/aromatic N) is 1. The van der Waals surface area contributed by atoms with Crippen LogP contribution in [0.2, 0.25) is 0 Å². The van der Waals surface area contributed by atoms with Crippen LogP contribution < -0.4 is 11.1 Å². The highest BCUT2D eigenvalue weighted by Gasteiger charge is 2.26. The van der Waals surface area contributed by atoms with Crippen molar-refractivity contribution < 1.29 is 18.0 Å². The summed E-state index contributed by atoms with van der Waals surface area (Å²) < 4.78 is 27.5. The maximum Gasteiger partial charge on any atom is 0.256 e. The average molecular weight is 436 g/mol. The molecule has 1 fully saturated rings. The summed E-state index contributed by atoms with van der Waals surface area (Å²) in [5.41, 5.74) is 6.68. The topological polar surface area (TPSA) is 110 Å². The van der Waals surface area contributed by atoms with E-state index in [1.54, 1.807) is 19.1 Å². The van der Waals surface area contributed by atoms with Crippen molar-refractivity contribution in [1.29, 1.82) is 0 Å². The number of carbonyl (C=O) groups excluding carboxylic acids is 2. The van der Waals surface area contributed by atoms with Gasteiger partial charge in [0.1, 0.15) is 5.00 Å². The van der Waals surface area contributed by atoms with Crippen molar-refractivity contribution in [2.75, 3.05) is 18.4 Å². The summed E-state index contributed by atoms with van der Waals surface area (Å²) in [6.07, 6.45) is 3.73. The molecule has 1 aliphatic rings. The molecule has 3 rings (SSSR count). The number of hydrogen-bond acceptors (Lipinski definition) is 5. The van der Waals surface area contributed by atoms with Crippen molar-refractivity contribution in [3.63, 3.8) is 0 Å². The van der Waals surface area contributed by atoms with Gasteiger partial charge in [-0.3, -0.25) is 9.59 Å². The van der Waals surface area contributed by atoms with Gasteiger partial charge >= 0.3 is 0 Å². The number of sulfonamides is 1. The molecule has 2 heterocycles. The predicted octanol–water partition coefficient (Wildman–Crippen LogP) is 3.28. The number of benzene rings is 1. The highest BCUT2D eigenvalue weighted by atomic mass is 32.2. The minimum Gasteiger partial charge on any atom is -0.365 e. The van der Waals surface area contributed by atoms with Crippen LogP contribution in [0.1, 0.15) is 56.8 Å². The summed E-state index contributed by atoms with van der Waals surface area (Å²) in [7, 11) is -3.66. The molecule has 0 aliphatic carbocycles. The molecule has 1 saturated heterocycles. The number of rotatable bonds is 5. The second-order valence-corrected chi connectivity index (χ2v) is 10.3. The van der Waals surface area contributed by atoms with Gasteiger partial charge < -0.3 is 11.1 Å². The Kier molecular flexibility index (Phi) is 6.40. The molecule has 156 valence electrons. The van der Waals surface area contributed by atoms with E-state index in [1.807, 2.05) is 6.92 Å². The van der Waals surface area contributed by atoms with Crippen molar-refractivity contribution in [3.8, 4) is 0 Å². The summed E-state index contributed by atoms with van der Waals surface area (Å²) >= 11 is 1.27. The van der Waals surface area contributed by atoms with Crippen LogP contribution in [0.3, 0.4) is 0 Å². The number of hydrogen-bond donors (Lipinski definition) is 2. The third-order valence-electron chi connectivity index (χ3n) is 5.16. The van der Waals surface area contributed by atoms with Gasteiger partial charge in [-0.15, -0.1) is 11.3 Å². The molecule has 29 heavy (non-hydrogen) atoms. The number of primary amides is 1. The monoisotopic (exact) mass is 435 g/mol. The molecule has 0 atom stereocenters. The smallest absolute Gasteiger partial charge is 0.256 e. The summed E-state index contributed by atoms with van der Waals surface area (Å²) in [4.78, 5) is 25.5. The summed E-state index contributed by atoms with van der Waals surface area (Å²) in [5, 5.41) is 3.08. The van der Waals surface area contributed by atoms with Crippen molar-refractivity contribution in [3.05, 3.63) is 45.8 Å². The molecule has 0 radical (unpaired) electrons. The molecule has 3 N–H and O–H groups in total. The Morgan fingerprint density at radius 3 is 2.38 bits per heavy atom. The number of amides is 2. The largest absolute Gasteiger partial charge is 0.365 e. The Balaban J connectivity index is 1.87. The Bertz CT molecular complexity index is 1040. The highest BCUT2D eigenvalue weighted by molar-refractivity contribution is 7.89. The SMILES string of the molecule is Cc1sc(NC(=O)c2cccc(S(=O)(=O)N3CCCCCC3)c2)c(C(N)=O)c1C. The van der Waals surface area contributed by atoms with Gasteiger partial charge in [-0.25, -0.2) is 8.42 Å². The minimum atomic E-state index is -3.66.